The van der Waals surface area contributed by atoms with Gasteiger partial charge in [-0.25, -0.2) is 10.4 Å². The Kier molecular flexibility index (Phi) is 7.39. The molecule has 0 fully saturated rings. The number of rotatable bonds is 7. The van der Waals surface area contributed by atoms with Crippen molar-refractivity contribution in [2.45, 2.75) is 0 Å². The van der Waals surface area contributed by atoms with Gasteiger partial charge in [0.1, 0.15) is 5.75 Å². The fraction of sp³-hybridized carbons (Fsp3) is 0.0417. The fourth-order valence-electron chi connectivity index (χ4n) is 2.91. The van der Waals surface area contributed by atoms with Crippen LogP contribution in [-0.2, 0) is 0 Å². The van der Waals surface area contributed by atoms with E-state index in [1.807, 2.05) is 60.0 Å². The summed E-state index contributed by atoms with van der Waals surface area (Å²) < 4.78 is 6.01. The molecule has 4 aromatic rings. The molecule has 1 amide bonds. The van der Waals surface area contributed by atoms with Crippen molar-refractivity contribution in [1.82, 2.24) is 10.4 Å². The Morgan fingerprint density at radius 3 is 2.58 bits per heavy atom. The second-order valence-corrected chi connectivity index (χ2v) is 8.99. The molecule has 33 heavy (non-hydrogen) atoms. The minimum Gasteiger partial charge on any atom is -0.496 e. The van der Waals surface area contributed by atoms with Crippen molar-refractivity contribution >= 4 is 61.8 Å². The van der Waals surface area contributed by atoms with Crippen molar-refractivity contribution in [2.24, 2.45) is 5.10 Å². The number of thiazole rings is 1. The summed E-state index contributed by atoms with van der Waals surface area (Å²) in [6, 6.07) is 20.2. The summed E-state index contributed by atoms with van der Waals surface area (Å²) in [6.07, 6.45) is 1.57. The van der Waals surface area contributed by atoms with Crippen molar-refractivity contribution in [1.29, 1.82) is 0 Å². The van der Waals surface area contributed by atoms with Gasteiger partial charge in [-0.3, -0.25) is 4.79 Å². The lowest BCUT2D eigenvalue weighted by Crippen LogP contribution is -2.17. The molecular weight excluding hydrogens is 524 g/mol. The lowest BCUT2D eigenvalue weighted by molar-refractivity contribution is 0.0955. The minimum atomic E-state index is -0.297. The molecule has 1 heterocycles. The molecule has 2 N–H and O–H groups in total. The molecule has 0 saturated carbocycles. The number of hydrogen-bond donors (Lipinski definition) is 2. The number of nitrogens with zero attached hydrogens (tertiary/aromatic N) is 2. The van der Waals surface area contributed by atoms with Crippen LogP contribution in [0.5, 0.6) is 5.75 Å². The van der Waals surface area contributed by atoms with Gasteiger partial charge in [0.25, 0.3) is 5.91 Å². The molecule has 0 unspecified atom stereocenters. The number of nitrogens with one attached hydrogen (secondary N) is 2. The highest BCUT2D eigenvalue weighted by atomic mass is 79.9. The highest BCUT2D eigenvalue weighted by molar-refractivity contribution is 9.10. The van der Waals surface area contributed by atoms with Gasteiger partial charge in [0.15, 0.2) is 5.13 Å². The van der Waals surface area contributed by atoms with Gasteiger partial charge in [-0.1, -0.05) is 23.7 Å². The second-order valence-electron chi connectivity index (χ2n) is 6.84. The molecule has 0 aliphatic rings. The van der Waals surface area contributed by atoms with Crippen LogP contribution in [0.25, 0.3) is 11.3 Å². The molecule has 0 radical (unpaired) electrons. The number of hydrogen-bond acceptors (Lipinski definition) is 6. The number of benzene rings is 3. The molecule has 0 saturated heterocycles. The van der Waals surface area contributed by atoms with E-state index in [4.69, 9.17) is 16.3 Å². The number of aromatic nitrogens is 1. The van der Waals surface area contributed by atoms with Crippen LogP contribution in [0.1, 0.15) is 15.9 Å². The van der Waals surface area contributed by atoms with E-state index >= 15 is 0 Å². The van der Waals surface area contributed by atoms with Gasteiger partial charge in [0.05, 0.1) is 23.5 Å². The highest BCUT2D eigenvalue weighted by Crippen LogP contribution is 2.28. The predicted molar refractivity (Wildman–Crippen MR) is 138 cm³/mol. The topological polar surface area (TPSA) is 75.6 Å². The van der Waals surface area contributed by atoms with Crippen LogP contribution in [0.2, 0.25) is 5.02 Å². The SMILES string of the molecule is COc1ccc(/C=N\NC(=O)c2ccc(-c3csc(Nc4ccc(Cl)cc4)n3)cc2)cc1Br. The van der Waals surface area contributed by atoms with Crippen LogP contribution < -0.4 is 15.5 Å². The first-order valence-electron chi connectivity index (χ1n) is 9.77. The van der Waals surface area contributed by atoms with Crippen LogP contribution in [0.15, 0.2) is 81.7 Å². The maximum absolute atomic E-state index is 12.4. The molecule has 6 nitrogen and oxygen atoms in total. The first-order chi connectivity index (χ1) is 16.0. The van der Waals surface area contributed by atoms with Gasteiger partial charge >= 0.3 is 0 Å². The zero-order chi connectivity index (χ0) is 23.2. The van der Waals surface area contributed by atoms with Crippen molar-refractivity contribution in [3.63, 3.8) is 0 Å². The molecule has 9 heteroatoms. The maximum Gasteiger partial charge on any atom is 0.271 e. The Hall–Kier alpha value is -3.20. The average molecular weight is 542 g/mol. The third-order valence-corrected chi connectivity index (χ3v) is 6.23. The van der Waals surface area contributed by atoms with Gasteiger partial charge in [-0.2, -0.15) is 5.10 Å². The van der Waals surface area contributed by atoms with Gasteiger partial charge in [0, 0.05) is 27.2 Å². The Morgan fingerprint density at radius 1 is 1.12 bits per heavy atom. The summed E-state index contributed by atoms with van der Waals surface area (Å²) in [5.74, 6) is 0.429. The maximum atomic E-state index is 12.4. The normalized spacial score (nSPS) is 10.9. The van der Waals surface area contributed by atoms with E-state index < -0.39 is 0 Å². The van der Waals surface area contributed by atoms with Crippen LogP contribution >= 0.6 is 38.9 Å². The van der Waals surface area contributed by atoms with E-state index in [0.717, 1.165) is 37.9 Å². The van der Waals surface area contributed by atoms with Gasteiger partial charge in [-0.05, 0) is 76.1 Å². The highest BCUT2D eigenvalue weighted by Gasteiger charge is 2.08. The Bertz CT molecular complexity index is 1290. The van der Waals surface area contributed by atoms with Gasteiger partial charge < -0.3 is 10.1 Å². The number of methoxy groups -OCH3 is 1. The summed E-state index contributed by atoms with van der Waals surface area (Å²) in [5, 5.41) is 10.7. The van der Waals surface area contributed by atoms with Crippen molar-refractivity contribution < 1.29 is 9.53 Å². The van der Waals surface area contributed by atoms with Crippen LogP contribution in [-0.4, -0.2) is 24.2 Å². The quantitative estimate of drug-likeness (QED) is 0.201. The third kappa shape index (κ3) is 5.98. The zero-order valence-corrected chi connectivity index (χ0v) is 20.5. The van der Waals surface area contributed by atoms with Crippen LogP contribution in [0, 0.1) is 0 Å². The number of carbonyl (C=O) groups is 1. The van der Waals surface area contributed by atoms with Crippen LogP contribution in [0.4, 0.5) is 10.8 Å². The van der Waals surface area contributed by atoms with Crippen molar-refractivity contribution in [2.75, 3.05) is 12.4 Å². The van der Waals surface area contributed by atoms with E-state index in [2.05, 4.69) is 36.8 Å². The largest absolute Gasteiger partial charge is 0.496 e. The van der Waals surface area contributed by atoms with E-state index in [0.29, 0.717) is 10.6 Å². The van der Waals surface area contributed by atoms with Gasteiger partial charge in [-0.15, -0.1) is 11.3 Å². The molecular formula is C24H18BrClN4O2S. The fourth-order valence-corrected chi connectivity index (χ4v) is 4.33. The molecule has 0 aliphatic carbocycles. The van der Waals surface area contributed by atoms with E-state index in [-0.39, 0.29) is 5.91 Å². The molecule has 0 spiro atoms. The summed E-state index contributed by atoms with van der Waals surface area (Å²) >= 11 is 10.8. The molecule has 0 aliphatic heterocycles. The average Bonchev–Trinajstić information content (AvgIpc) is 3.29. The smallest absolute Gasteiger partial charge is 0.271 e. The van der Waals surface area contributed by atoms with Crippen molar-refractivity contribution in [3.05, 3.63) is 92.7 Å². The lowest BCUT2D eigenvalue weighted by atomic mass is 10.1. The number of carbonyl (C=O) groups excluding carboxylic acids is 1. The predicted octanol–water partition coefficient (Wildman–Crippen LogP) is 6.74. The number of ether oxygens (including phenoxy) is 1. The summed E-state index contributed by atoms with van der Waals surface area (Å²) in [6.45, 7) is 0. The lowest BCUT2D eigenvalue weighted by Gasteiger charge is -2.04. The van der Waals surface area contributed by atoms with Gasteiger partial charge in [0.2, 0.25) is 0 Å². The summed E-state index contributed by atoms with van der Waals surface area (Å²) in [5.41, 5.74) is 6.52. The second kappa shape index (κ2) is 10.6. The van der Waals surface area contributed by atoms with E-state index in [1.165, 1.54) is 11.3 Å². The zero-order valence-electron chi connectivity index (χ0n) is 17.4. The first kappa shape index (κ1) is 23.0. The van der Waals surface area contributed by atoms with E-state index in [9.17, 15) is 4.79 Å². The molecule has 3 aromatic carbocycles. The third-order valence-electron chi connectivity index (χ3n) is 4.60. The Balaban J connectivity index is 1.36. The molecule has 1 aromatic heterocycles. The summed E-state index contributed by atoms with van der Waals surface area (Å²) in [4.78, 5) is 17.0. The van der Waals surface area contributed by atoms with Crippen LogP contribution in [0.3, 0.4) is 0 Å². The molecule has 166 valence electrons. The Labute approximate surface area is 208 Å². The Morgan fingerprint density at radius 2 is 1.88 bits per heavy atom. The number of hydrazone groups is 1. The minimum absolute atomic E-state index is 0.297. The molecule has 0 bridgehead atoms. The van der Waals surface area contributed by atoms with Crippen molar-refractivity contribution in [3.8, 4) is 17.0 Å². The monoisotopic (exact) mass is 540 g/mol. The summed E-state index contributed by atoms with van der Waals surface area (Å²) in [7, 11) is 1.60. The molecule has 4 rings (SSSR count). The molecule has 0 atom stereocenters. The van der Waals surface area contributed by atoms with E-state index in [1.54, 1.807) is 25.5 Å². The first-order valence-corrected chi connectivity index (χ1v) is 11.8. The number of halogens is 2. The number of anilines is 2. The standard InChI is InChI=1S/C24H18BrClN4O2S/c1-32-22-11-2-15(12-20(22)25)13-27-30-23(31)17-5-3-16(4-6-17)21-14-33-24(29-21)28-19-9-7-18(26)8-10-19/h2-14H,1H3,(H,28,29)(H,30,31)/b27-13-. The number of amides is 1.